The van der Waals surface area contributed by atoms with Gasteiger partial charge in [-0.2, -0.15) is 4.39 Å². The van der Waals surface area contributed by atoms with Gasteiger partial charge in [0.05, 0.1) is 12.2 Å². The molecule has 0 saturated carbocycles. The van der Waals surface area contributed by atoms with Gasteiger partial charge in [-0.05, 0) is 41.8 Å². The Kier molecular flexibility index (Phi) is 4.50. The maximum Gasteiger partial charge on any atom is 0.161 e. The second kappa shape index (κ2) is 5.21. The number of allylic oxidation sites excluding steroid dienone is 1. The summed E-state index contributed by atoms with van der Waals surface area (Å²) in [6, 6.07) is 0. The molecule has 82 valence electrons. The normalized spacial score (nSPS) is 39.1. The van der Waals surface area contributed by atoms with Gasteiger partial charge in [0, 0.05) is 0 Å². The smallest absolute Gasteiger partial charge is 0.161 e. The standard InChI is InChI=1S/C9H14BrFO3/c1-5-8(12)9(13)6(14-5)3-2-4-7(10)11/h4-6,8-9,12-13H,2-3H2,1H3/t5-,6+,8?,9-/m0/s1. The van der Waals surface area contributed by atoms with Gasteiger partial charge in [0.2, 0.25) is 0 Å². The quantitative estimate of drug-likeness (QED) is 0.816. The molecule has 1 saturated heterocycles. The molecule has 5 heteroatoms. The van der Waals surface area contributed by atoms with Crippen LogP contribution in [0.3, 0.4) is 0 Å². The Labute approximate surface area is 90.7 Å². The Hall–Kier alpha value is 0.0300. The van der Waals surface area contributed by atoms with Gasteiger partial charge in [-0.3, -0.25) is 0 Å². The van der Waals surface area contributed by atoms with Gasteiger partial charge in [0.25, 0.3) is 0 Å². The Morgan fingerprint density at radius 3 is 2.57 bits per heavy atom. The van der Waals surface area contributed by atoms with E-state index in [2.05, 4.69) is 15.9 Å². The molecule has 2 N–H and O–H groups in total. The number of ether oxygens (including phenoxy) is 1. The first-order chi connectivity index (χ1) is 6.52. The van der Waals surface area contributed by atoms with E-state index in [0.29, 0.717) is 12.8 Å². The van der Waals surface area contributed by atoms with Crippen LogP contribution in [0.4, 0.5) is 4.39 Å². The third-order valence-corrected chi connectivity index (χ3v) is 2.67. The molecule has 14 heavy (non-hydrogen) atoms. The van der Waals surface area contributed by atoms with E-state index in [9.17, 15) is 14.6 Å². The Balaban J connectivity index is 2.36. The van der Waals surface area contributed by atoms with Crippen molar-refractivity contribution >= 4 is 15.9 Å². The molecule has 0 radical (unpaired) electrons. The number of halogens is 2. The van der Waals surface area contributed by atoms with Crippen LogP contribution in [0.15, 0.2) is 10.8 Å². The van der Waals surface area contributed by atoms with E-state index in [-0.39, 0.29) is 6.10 Å². The molecule has 0 aromatic carbocycles. The average molecular weight is 269 g/mol. The predicted octanol–water partition coefficient (Wildman–Crippen LogP) is 1.48. The van der Waals surface area contributed by atoms with Crippen LogP contribution < -0.4 is 0 Å². The highest BCUT2D eigenvalue weighted by Gasteiger charge is 2.39. The Morgan fingerprint density at radius 2 is 2.14 bits per heavy atom. The first kappa shape index (κ1) is 12.1. The summed E-state index contributed by atoms with van der Waals surface area (Å²) in [5, 5.41) is 18.9. The fourth-order valence-electron chi connectivity index (χ4n) is 1.53. The molecular weight excluding hydrogens is 255 g/mol. The van der Waals surface area contributed by atoms with Crippen LogP contribution in [-0.2, 0) is 4.74 Å². The van der Waals surface area contributed by atoms with Gasteiger partial charge in [-0.15, -0.1) is 0 Å². The second-order valence-electron chi connectivity index (χ2n) is 3.43. The number of hydrogen-bond donors (Lipinski definition) is 2. The summed E-state index contributed by atoms with van der Waals surface area (Å²) in [7, 11) is 0. The van der Waals surface area contributed by atoms with E-state index in [1.165, 1.54) is 6.08 Å². The van der Waals surface area contributed by atoms with E-state index in [0.717, 1.165) is 0 Å². The molecular formula is C9H14BrFO3. The highest BCUT2D eigenvalue weighted by Crippen LogP contribution is 2.24. The van der Waals surface area contributed by atoms with Gasteiger partial charge < -0.3 is 14.9 Å². The van der Waals surface area contributed by atoms with Crippen LogP contribution in [0.5, 0.6) is 0 Å². The van der Waals surface area contributed by atoms with E-state index in [4.69, 9.17) is 4.74 Å². The number of rotatable bonds is 3. The highest BCUT2D eigenvalue weighted by atomic mass is 79.9. The summed E-state index contributed by atoms with van der Waals surface area (Å²) < 4.78 is 17.1. The maximum atomic E-state index is 12.3. The first-order valence-corrected chi connectivity index (χ1v) is 5.34. The molecule has 0 aliphatic carbocycles. The molecule has 0 aromatic heterocycles. The van der Waals surface area contributed by atoms with Gasteiger partial charge in [-0.25, -0.2) is 0 Å². The highest BCUT2D eigenvalue weighted by molar-refractivity contribution is 9.11. The Morgan fingerprint density at radius 1 is 1.50 bits per heavy atom. The fraction of sp³-hybridized carbons (Fsp3) is 0.778. The van der Waals surface area contributed by atoms with Crippen LogP contribution >= 0.6 is 15.9 Å². The van der Waals surface area contributed by atoms with E-state index in [1.54, 1.807) is 6.92 Å². The average Bonchev–Trinajstić information content (AvgIpc) is 2.33. The lowest BCUT2D eigenvalue weighted by Crippen LogP contribution is -2.31. The van der Waals surface area contributed by atoms with Crippen molar-refractivity contribution < 1.29 is 19.3 Å². The third kappa shape index (κ3) is 3.02. The molecule has 1 aliphatic rings. The van der Waals surface area contributed by atoms with Crippen LogP contribution in [0.25, 0.3) is 0 Å². The predicted molar refractivity (Wildman–Crippen MR) is 53.7 cm³/mol. The van der Waals surface area contributed by atoms with Gasteiger partial charge in [0.1, 0.15) is 12.2 Å². The zero-order valence-electron chi connectivity index (χ0n) is 7.86. The lowest BCUT2D eigenvalue weighted by Gasteiger charge is -2.12. The van der Waals surface area contributed by atoms with Crippen molar-refractivity contribution in [2.75, 3.05) is 0 Å². The SMILES string of the molecule is C[C@@H]1O[C@H](CCC=C(F)Br)[C@H](O)C1O. The number of hydrogen-bond acceptors (Lipinski definition) is 3. The molecule has 1 rings (SSSR count). The Bertz CT molecular complexity index is 218. The van der Waals surface area contributed by atoms with Crippen molar-refractivity contribution in [2.24, 2.45) is 0 Å². The van der Waals surface area contributed by atoms with E-state index in [1.807, 2.05) is 0 Å². The molecule has 4 atom stereocenters. The molecule has 3 nitrogen and oxygen atoms in total. The van der Waals surface area contributed by atoms with Crippen LogP contribution in [0.2, 0.25) is 0 Å². The summed E-state index contributed by atoms with van der Waals surface area (Å²) in [6.45, 7) is 1.70. The van der Waals surface area contributed by atoms with Gasteiger partial charge in [-0.1, -0.05) is 0 Å². The maximum absolute atomic E-state index is 12.3. The lowest BCUT2D eigenvalue weighted by atomic mass is 10.1. The summed E-state index contributed by atoms with van der Waals surface area (Å²) >= 11 is 2.66. The number of aliphatic hydroxyl groups excluding tert-OH is 2. The molecule has 0 spiro atoms. The zero-order chi connectivity index (χ0) is 10.7. The molecule has 1 aliphatic heterocycles. The largest absolute Gasteiger partial charge is 0.388 e. The second-order valence-corrected chi connectivity index (χ2v) is 4.19. The van der Waals surface area contributed by atoms with Crippen molar-refractivity contribution in [3.05, 3.63) is 10.8 Å². The van der Waals surface area contributed by atoms with Crippen molar-refractivity contribution in [2.45, 2.75) is 44.2 Å². The van der Waals surface area contributed by atoms with Gasteiger partial charge >= 0.3 is 0 Å². The minimum atomic E-state index is -0.864. The van der Waals surface area contributed by atoms with Crippen LogP contribution in [-0.4, -0.2) is 34.6 Å². The molecule has 1 unspecified atom stereocenters. The first-order valence-electron chi connectivity index (χ1n) is 4.55. The third-order valence-electron chi connectivity index (χ3n) is 2.35. The summed E-state index contributed by atoms with van der Waals surface area (Å²) in [4.78, 5) is 0. The number of aliphatic hydroxyl groups is 2. The summed E-state index contributed by atoms with van der Waals surface area (Å²) in [6.07, 6.45) is -0.115. The van der Waals surface area contributed by atoms with Crippen molar-refractivity contribution in [1.82, 2.24) is 0 Å². The molecule has 1 heterocycles. The van der Waals surface area contributed by atoms with E-state index >= 15 is 0 Å². The molecule has 1 fully saturated rings. The molecule has 0 amide bonds. The fourth-order valence-corrected chi connectivity index (χ4v) is 1.76. The monoisotopic (exact) mass is 268 g/mol. The minimum Gasteiger partial charge on any atom is -0.388 e. The minimum absolute atomic E-state index is 0.354. The zero-order valence-corrected chi connectivity index (χ0v) is 9.45. The van der Waals surface area contributed by atoms with Gasteiger partial charge in [0.15, 0.2) is 4.74 Å². The summed E-state index contributed by atoms with van der Waals surface area (Å²) in [5.41, 5.74) is 0. The van der Waals surface area contributed by atoms with Crippen molar-refractivity contribution in [3.63, 3.8) is 0 Å². The molecule has 0 aromatic rings. The topological polar surface area (TPSA) is 49.7 Å². The molecule has 0 bridgehead atoms. The van der Waals surface area contributed by atoms with Crippen molar-refractivity contribution in [3.8, 4) is 0 Å². The van der Waals surface area contributed by atoms with Crippen LogP contribution in [0, 0.1) is 0 Å². The van der Waals surface area contributed by atoms with Crippen molar-refractivity contribution in [1.29, 1.82) is 0 Å². The van der Waals surface area contributed by atoms with Crippen LogP contribution in [0.1, 0.15) is 19.8 Å². The lowest BCUT2D eigenvalue weighted by molar-refractivity contribution is 0.0120. The summed E-state index contributed by atoms with van der Waals surface area (Å²) in [5.74, 6) is 0. The van der Waals surface area contributed by atoms with E-state index < -0.39 is 23.0 Å².